The number of esters is 1. The smallest absolute Gasteiger partial charge is 0.302 e. The van der Waals surface area contributed by atoms with Crippen LogP contribution in [0.4, 0.5) is 0 Å². The predicted molar refractivity (Wildman–Crippen MR) is 141 cm³/mol. The number of nitrogens with zero attached hydrogens (tertiary/aromatic N) is 1. The zero-order chi connectivity index (χ0) is 26.7. The molecule has 1 aliphatic heterocycles. The Hall–Kier alpha value is -1.70. The molecule has 1 heterocycles. The van der Waals surface area contributed by atoms with E-state index in [4.69, 9.17) is 25.8 Å². The number of likely N-dealkylation sites (N-methyl/N-ethyl adjacent to an activating group) is 1. The number of methoxy groups -OCH3 is 1. The lowest BCUT2D eigenvalue weighted by Crippen LogP contribution is -2.48. The third kappa shape index (κ3) is 8.15. The van der Waals surface area contributed by atoms with E-state index in [1.54, 1.807) is 26.0 Å². The molecule has 0 aromatic rings. The number of ether oxygens (including phenoxy) is 3. The highest BCUT2D eigenvalue weighted by Crippen LogP contribution is 2.52. The Bertz CT molecular complexity index is 812. The van der Waals surface area contributed by atoms with E-state index < -0.39 is 23.6 Å². The first kappa shape index (κ1) is 30.5. The molecule has 1 aliphatic carbocycles. The second kappa shape index (κ2) is 14.9. The topological polar surface area (TPSA) is 85.4 Å². The van der Waals surface area contributed by atoms with Crippen LogP contribution < -0.4 is 0 Å². The average Bonchev–Trinajstić information content (AvgIpc) is 3.58. The molecule has 204 valence electrons. The van der Waals surface area contributed by atoms with Gasteiger partial charge in [0.2, 0.25) is 5.91 Å². The number of amides is 1. The normalized spacial score (nSPS) is 26.6. The minimum Gasteiger partial charge on any atom is -0.462 e. The van der Waals surface area contributed by atoms with Gasteiger partial charge in [0.25, 0.3) is 0 Å². The van der Waals surface area contributed by atoms with Gasteiger partial charge in [0, 0.05) is 51.6 Å². The zero-order valence-electron chi connectivity index (χ0n) is 22.6. The maximum absolute atomic E-state index is 13.1. The molecule has 0 aromatic heterocycles. The van der Waals surface area contributed by atoms with Gasteiger partial charge < -0.3 is 19.1 Å². The van der Waals surface area contributed by atoms with Gasteiger partial charge in [-0.15, -0.1) is 0 Å². The summed E-state index contributed by atoms with van der Waals surface area (Å²) in [5.41, 5.74) is 0.812. The van der Waals surface area contributed by atoms with Crippen LogP contribution in [-0.2, 0) is 28.6 Å². The number of Topliss-reactive ketones (excluding diaryl/α,β-unsaturated/α-hetero) is 1. The second-order valence-electron chi connectivity index (χ2n) is 10.1. The average molecular weight is 526 g/mol. The number of hydrogen-bond acceptors (Lipinski definition) is 6. The molecule has 2 aliphatic rings. The van der Waals surface area contributed by atoms with Gasteiger partial charge in [-0.2, -0.15) is 0 Å². The Morgan fingerprint density at radius 3 is 2.61 bits per heavy atom. The maximum Gasteiger partial charge on any atom is 0.302 e. The lowest BCUT2D eigenvalue weighted by Gasteiger charge is -2.31. The van der Waals surface area contributed by atoms with E-state index >= 15 is 0 Å². The number of carbonyl (C=O) groups excluding carboxylic acids is 3. The molecule has 2 fully saturated rings. The van der Waals surface area contributed by atoms with Gasteiger partial charge in [0.15, 0.2) is 11.4 Å². The molecule has 0 spiro atoms. The first-order valence-electron chi connectivity index (χ1n) is 13.3. The summed E-state index contributed by atoms with van der Waals surface area (Å²) in [6.45, 7) is 5.50. The van der Waals surface area contributed by atoms with Crippen LogP contribution in [0.5, 0.6) is 0 Å². The summed E-state index contributed by atoms with van der Waals surface area (Å²) in [7, 11) is 3.46. The van der Waals surface area contributed by atoms with Crippen LogP contribution >= 0.6 is 11.6 Å². The minimum absolute atomic E-state index is 0.0300. The second-order valence-corrected chi connectivity index (χ2v) is 10.3. The first-order chi connectivity index (χ1) is 17.2. The van der Waals surface area contributed by atoms with Crippen molar-refractivity contribution in [1.82, 2.24) is 4.90 Å². The molecular formula is C28H44ClNO6. The van der Waals surface area contributed by atoms with Crippen LogP contribution in [0.15, 0.2) is 23.3 Å². The lowest BCUT2D eigenvalue weighted by atomic mass is 9.75. The molecule has 1 saturated carbocycles. The lowest BCUT2D eigenvalue weighted by molar-refractivity contribution is -0.152. The maximum atomic E-state index is 13.1. The van der Waals surface area contributed by atoms with E-state index in [9.17, 15) is 14.4 Å². The Labute approximate surface area is 221 Å². The SMILES string of the molecule is CCCCCCC[C@@H](C/C=C/CCC(=O)N(C)C/C(=C/Cl)[C@@]12O[C@@H]1C[C@H](OC(C)=O)[C@H](C)C2=O)OC. The summed E-state index contributed by atoms with van der Waals surface area (Å²) >= 11 is 6.11. The molecule has 2 rings (SSSR count). The van der Waals surface area contributed by atoms with Crippen molar-refractivity contribution in [2.45, 2.75) is 109 Å². The number of allylic oxidation sites excluding steroid dienone is 1. The number of carbonyl (C=O) groups is 3. The van der Waals surface area contributed by atoms with Crippen molar-refractivity contribution in [1.29, 1.82) is 0 Å². The Balaban J connectivity index is 1.78. The highest BCUT2D eigenvalue weighted by atomic mass is 35.5. The van der Waals surface area contributed by atoms with Crippen molar-refractivity contribution in [2.24, 2.45) is 5.92 Å². The summed E-state index contributed by atoms with van der Waals surface area (Å²) < 4.78 is 16.7. The molecule has 0 aromatic carbocycles. The molecule has 0 unspecified atom stereocenters. The number of hydrogen-bond donors (Lipinski definition) is 0. The standard InChI is InChI=1S/C28H44ClNO6/c1-6-7-8-9-11-14-23(34-5)15-12-10-13-16-26(32)30(4)19-22(18-29)28-25(36-28)17-24(35-21(3)31)20(2)27(28)33/h10,12,18,20,23-25H,6-9,11,13-17,19H2,1-5H3/b12-10+,22-18-/t20-,23-,24-,25+,28+/m0/s1. The third-order valence-electron chi connectivity index (χ3n) is 7.32. The molecule has 1 amide bonds. The van der Waals surface area contributed by atoms with E-state index in [0.717, 1.165) is 12.8 Å². The largest absolute Gasteiger partial charge is 0.462 e. The highest BCUT2D eigenvalue weighted by molar-refractivity contribution is 6.26. The fraction of sp³-hybridized carbons (Fsp3) is 0.750. The minimum atomic E-state index is -1.11. The van der Waals surface area contributed by atoms with Crippen molar-refractivity contribution in [3.8, 4) is 0 Å². The zero-order valence-corrected chi connectivity index (χ0v) is 23.4. The summed E-state index contributed by atoms with van der Waals surface area (Å²) in [4.78, 5) is 38.8. The van der Waals surface area contributed by atoms with E-state index in [1.165, 1.54) is 44.6 Å². The molecule has 36 heavy (non-hydrogen) atoms. The molecule has 0 bridgehead atoms. The molecule has 7 nitrogen and oxygen atoms in total. The molecule has 0 N–H and O–H groups in total. The van der Waals surface area contributed by atoms with Crippen LogP contribution in [0, 0.1) is 5.92 Å². The molecule has 5 atom stereocenters. The summed E-state index contributed by atoms with van der Waals surface area (Å²) in [6, 6.07) is 0. The fourth-order valence-electron chi connectivity index (χ4n) is 5.00. The number of rotatable bonds is 16. The van der Waals surface area contributed by atoms with Gasteiger partial charge in [-0.05, 0) is 19.3 Å². The van der Waals surface area contributed by atoms with Gasteiger partial charge in [0.1, 0.15) is 12.2 Å². The first-order valence-corrected chi connectivity index (χ1v) is 13.8. The van der Waals surface area contributed by atoms with Crippen LogP contribution in [0.1, 0.15) is 85.0 Å². The number of epoxide rings is 1. The number of halogens is 1. The number of fused-ring (bicyclic) bond motifs is 1. The van der Waals surface area contributed by atoms with Crippen molar-refractivity contribution >= 4 is 29.3 Å². The fourth-order valence-corrected chi connectivity index (χ4v) is 5.23. The Kier molecular flexibility index (Phi) is 12.6. The molecular weight excluding hydrogens is 482 g/mol. The number of unbranched alkanes of at least 4 members (excludes halogenated alkanes) is 4. The molecule has 1 saturated heterocycles. The van der Waals surface area contributed by atoms with Gasteiger partial charge in [-0.3, -0.25) is 14.4 Å². The van der Waals surface area contributed by atoms with Crippen LogP contribution in [-0.4, -0.2) is 67.2 Å². The van der Waals surface area contributed by atoms with Crippen LogP contribution in [0.2, 0.25) is 0 Å². The Morgan fingerprint density at radius 2 is 1.97 bits per heavy atom. The van der Waals surface area contributed by atoms with E-state index in [0.29, 0.717) is 24.8 Å². The van der Waals surface area contributed by atoms with E-state index in [1.807, 2.05) is 6.08 Å². The van der Waals surface area contributed by atoms with Crippen molar-refractivity contribution in [2.75, 3.05) is 20.7 Å². The Morgan fingerprint density at radius 1 is 1.25 bits per heavy atom. The van der Waals surface area contributed by atoms with Crippen molar-refractivity contribution in [3.63, 3.8) is 0 Å². The van der Waals surface area contributed by atoms with Crippen LogP contribution in [0.3, 0.4) is 0 Å². The third-order valence-corrected chi connectivity index (χ3v) is 7.58. The van der Waals surface area contributed by atoms with Gasteiger partial charge >= 0.3 is 5.97 Å². The van der Waals surface area contributed by atoms with Gasteiger partial charge in [-0.1, -0.05) is 69.7 Å². The summed E-state index contributed by atoms with van der Waals surface area (Å²) in [5, 5.41) is 0. The molecule has 8 heteroatoms. The monoisotopic (exact) mass is 525 g/mol. The molecule has 0 radical (unpaired) electrons. The highest BCUT2D eigenvalue weighted by Gasteiger charge is 2.69. The summed E-state index contributed by atoms with van der Waals surface area (Å²) in [6.07, 6.45) is 13.1. The van der Waals surface area contributed by atoms with E-state index in [2.05, 4.69) is 13.0 Å². The summed E-state index contributed by atoms with van der Waals surface area (Å²) in [5.74, 6) is -1.10. The van der Waals surface area contributed by atoms with E-state index in [-0.39, 0.29) is 30.4 Å². The quantitative estimate of drug-likeness (QED) is 0.117. The van der Waals surface area contributed by atoms with Gasteiger partial charge in [-0.25, -0.2) is 0 Å². The number of ketones is 1. The van der Waals surface area contributed by atoms with Crippen molar-refractivity contribution < 1.29 is 28.6 Å². The predicted octanol–water partition coefficient (Wildman–Crippen LogP) is 5.35. The van der Waals surface area contributed by atoms with Crippen LogP contribution in [0.25, 0.3) is 0 Å². The van der Waals surface area contributed by atoms with Gasteiger partial charge in [0.05, 0.1) is 12.0 Å². The van der Waals surface area contributed by atoms with Crippen molar-refractivity contribution in [3.05, 3.63) is 23.3 Å².